The summed E-state index contributed by atoms with van der Waals surface area (Å²) in [5.74, 6) is -1.03. The fourth-order valence-electron chi connectivity index (χ4n) is 1.54. The van der Waals surface area contributed by atoms with Gasteiger partial charge in [-0.25, -0.2) is 4.39 Å². The van der Waals surface area contributed by atoms with E-state index in [2.05, 4.69) is 4.98 Å². The molecule has 0 radical (unpaired) electrons. The lowest BCUT2D eigenvalue weighted by Crippen LogP contribution is -2.11. The molecule has 4 heteroatoms. The maximum atomic E-state index is 13.5. The zero-order valence-corrected chi connectivity index (χ0v) is 7.60. The number of aromatic nitrogens is 1. The van der Waals surface area contributed by atoms with Crippen molar-refractivity contribution in [1.29, 1.82) is 0 Å². The molecule has 0 unspecified atom stereocenters. The van der Waals surface area contributed by atoms with Gasteiger partial charge in [-0.3, -0.25) is 4.79 Å². The van der Waals surface area contributed by atoms with E-state index in [1.807, 2.05) is 0 Å². The molecule has 0 aliphatic carbocycles. The van der Waals surface area contributed by atoms with Gasteiger partial charge in [0.1, 0.15) is 0 Å². The number of primary amides is 1. The fraction of sp³-hybridized carbons (Fsp3) is 0.100. The lowest BCUT2D eigenvalue weighted by atomic mass is 10.1. The van der Waals surface area contributed by atoms with Crippen molar-refractivity contribution in [3.63, 3.8) is 0 Å². The van der Waals surface area contributed by atoms with Gasteiger partial charge in [0.15, 0.2) is 5.82 Å². The van der Waals surface area contributed by atoms with Gasteiger partial charge in [0.25, 0.3) is 0 Å². The Labute approximate surface area is 79.7 Å². The molecule has 1 amide bonds. The summed E-state index contributed by atoms with van der Waals surface area (Å²) in [5, 5.41) is 0.275. The van der Waals surface area contributed by atoms with Crippen molar-refractivity contribution in [3.05, 3.63) is 35.3 Å². The van der Waals surface area contributed by atoms with E-state index >= 15 is 0 Å². The first-order chi connectivity index (χ1) is 6.61. The first-order valence-corrected chi connectivity index (χ1v) is 4.18. The molecule has 0 fully saturated rings. The first kappa shape index (κ1) is 8.74. The number of hydrogen-bond acceptors (Lipinski definition) is 1. The van der Waals surface area contributed by atoms with Crippen molar-refractivity contribution in [2.45, 2.75) is 6.92 Å². The first-order valence-electron chi connectivity index (χ1n) is 4.18. The van der Waals surface area contributed by atoms with Gasteiger partial charge in [-0.2, -0.15) is 0 Å². The summed E-state index contributed by atoms with van der Waals surface area (Å²) >= 11 is 0. The van der Waals surface area contributed by atoms with Gasteiger partial charge in [0.2, 0.25) is 5.91 Å². The second-order valence-electron chi connectivity index (χ2n) is 3.16. The lowest BCUT2D eigenvalue weighted by molar-refractivity contribution is 0.100. The van der Waals surface area contributed by atoms with E-state index < -0.39 is 11.7 Å². The quantitative estimate of drug-likeness (QED) is 0.710. The van der Waals surface area contributed by atoms with Crippen LogP contribution in [0.3, 0.4) is 0 Å². The number of nitrogens with one attached hydrogen (secondary N) is 1. The Hall–Kier alpha value is -1.84. The van der Waals surface area contributed by atoms with Crippen molar-refractivity contribution in [2.75, 3.05) is 0 Å². The molecule has 3 nitrogen and oxygen atoms in total. The minimum Gasteiger partial charge on any atom is -0.366 e. The number of H-pyrrole nitrogens is 1. The third-order valence-electron chi connectivity index (χ3n) is 2.20. The van der Waals surface area contributed by atoms with Crippen LogP contribution in [0.1, 0.15) is 16.1 Å². The Morgan fingerprint density at radius 1 is 1.50 bits per heavy atom. The summed E-state index contributed by atoms with van der Waals surface area (Å²) in [7, 11) is 0. The predicted octanol–water partition coefficient (Wildman–Crippen LogP) is 1.71. The molecule has 2 rings (SSSR count). The maximum Gasteiger partial charge on any atom is 0.249 e. The zero-order chi connectivity index (χ0) is 10.3. The molecule has 72 valence electrons. The van der Waals surface area contributed by atoms with Crippen LogP contribution >= 0.6 is 0 Å². The van der Waals surface area contributed by atoms with Crippen molar-refractivity contribution in [3.8, 4) is 0 Å². The number of aromatic amines is 1. The molecule has 0 aliphatic rings. The summed E-state index contributed by atoms with van der Waals surface area (Å²) in [6, 6.07) is 4.89. The third-order valence-corrected chi connectivity index (χ3v) is 2.20. The second-order valence-corrected chi connectivity index (χ2v) is 3.16. The van der Waals surface area contributed by atoms with Crippen LogP contribution in [0.4, 0.5) is 4.39 Å². The molecule has 1 aromatic heterocycles. The molecule has 14 heavy (non-hydrogen) atoms. The van der Waals surface area contributed by atoms with Gasteiger partial charge in [-0.15, -0.1) is 0 Å². The Kier molecular flexibility index (Phi) is 1.77. The molecular weight excluding hydrogens is 183 g/mol. The van der Waals surface area contributed by atoms with Crippen LogP contribution in [-0.4, -0.2) is 10.9 Å². The number of benzene rings is 1. The number of nitrogens with two attached hydrogens (primary N) is 1. The molecule has 0 saturated heterocycles. The van der Waals surface area contributed by atoms with Crippen molar-refractivity contribution < 1.29 is 9.18 Å². The highest BCUT2D eigenvalue weighted by molar-refractivity contribution is 6.06. The standard InChI is InChI=1S/C10H9FN2O/c1-5-9(11)8-6(10(12)14)3-2-4-7(8)13-5/h2-4,13H,1H3,(H2,12,14). The molecule has 2 aromatic rings. The summed E-state index contributed by atoms with van der Waals surface area (Å²) in [5.41, 5.74) is 6.36. The molecule has 3 N–H and O–H groups in total. The topological polar surface area (TPSA) is 58.9 Å². The van der Waals surface area contributed by atoms with E-state index in [1.54, 1.807) is 19.1 Å². The number of carbonyl (C=O) groups excluding carboxylic acids is 1. The smallest absolute Gasteiger partial charge is 0.249 e. The number of carbonyl (C=O) groups is 1. The average Bonchev–Trinajstić information content (AvgIpc) is 2.43. The Morgan fingerprint density at radius 3 is 2.86 bits per heavy atom. The van der Waals surface area contributed by atoms with Crippen LogP contribution in [-0.2, 0) is 0 Å². The number of halogens is 1. The highest BCUT2D eigenvalue weighted by Crippen LogP contribution is 2.23. The summed E-state index contributed by atoms with van der Waals surface area (Å²) in [6.07, 6.45) is 0. The normalized spacial score (nSPS) is 10.7. The molecule has 0 spiro atoms. The van der Waals surface area contributed by atoms with E-state index in [4.69, 9.17) is 5.73 Å². The molecule has 1 aromatic carbocycles. The van der Waals surface area contributed by atoms with Gasteiger partial charge in [0.05, 0.1) is 5.56 Å². The van der Waals surface area contributed by atoms with Crippen molar-refractivity contribution in [2.24, 2.45) is 5.73 Å². The van der Waals surface area contributed by atoms with Crippen molar-refractivity contribution >= 4 is 16.8 Å². The third kappa shape index (κ3) is 1.08. The van der Waals surface area contributed by atoms with E-state index in [0.717, 1.165) is 0 Å². The summed E-state index contributed by atoms with van der Waals surface area (Å²) < 4.78 is 13.5. The van der Waals surface area contributed by atoms with Gasteiger partial charge < -0.3 is 10.7 Å². The summed E-state index contributed by atoms with van der Waals surface area (Å²) in [4.78, 5) is 13.9. The number of fused-ring (bicyclic) bond motifs is 1. The van der Waals surface area contributed by atoms with Crippen LogP contribution in [0.5, 0.6) is 0 Å². The van der Waals surface area contributed by atoms with E-state index in [0.29, 0.717) is 11.2 Å². The van der Waals surface area contributed by atoms with E-state index in [1.165, 1.54) is 6.07 Å². The molecular formula is C10H9FN2O. The average molecular weight is 192 g/mol. The minimum atomic E-state index is -0.617. The Balaban J connectivity index is 2.91. The monoisotopic (exact) mass is 192 g/mol. The minimum absolute atomic E-state index is 0.212. The number of hydrogen-bond donors (Lipinski definition) is 2. The van der Waals surface area contributed by atoms with Crippen LogP contribution in [0.2, 0.25) is 0 Å². The lowest BCUT2D eigenvalue weighted by Gasteiger charge is -1.97. The molecule has 1 heterocycles. The second kappa shape index (κ2) is 2.83. The molecule has 0 aliphatic heterocycles. The summed E-state index contributed by atoms with van der Waals surface area (Å²) in [6.45, 7) is 1.61. The SMILES string of the molecule is Cc1[nH]c2cccc(C(N)=O)c2c1F. The molecule has 0 atom stereocenters. The largest absolute Gasteiger partial charge is 0.366 e. The highest BCUT2D eigenvalue weighted by atomic mass is 19.1. The van der Waals surface area contributed by atoms with E-state index in [9.17, 15) is 9.18 Å². The van der Waals surface area contributed by atoms with Crippen LogP contribution in [0.25, 0.3) is 10.9 Å². The van der Waals surface area contributed by atoms with E-state index in [-0.39, 0.29) is 10.9 Å². The predicted molar refractivity (Wildman–Crippen MR) is 51.5 cm³/mol. The maximum absolute atomic E-state index is 13.5. The fourth-order valence-corrected chi connectivity index (χ4v) is 1.54. The van der Waals surface area contributed by atoms with Gasteiger partial charge >= 0.3 is 0 Å². The number of amides is 1. The van der Waals surface area contributed by atoms with Crippen LogP contribution < -0.4 is 5.73 Å². The van der Waals surface area contributed by atoms with Gasteiger partial charge in [-0.05, 0) is 19.1 Å². The number of rotatable bonds is 1. The van der Waals surface area contributed by atoms with Gasteiger partial charge in [0, 0.05) is 16.6 Å². The zero-order valence-electron chi connectivity index (χ0n) is 7.60. The highest BCUT2D eigenvalue weighted by Gasteiger charge is 2.14. The van der Waals surface area contributed by atoms with Gasteiger partial charge in [-0.1, -0.05) is 6.07 Å². The van der Waals surface area contributed by atoms with Crippen molar-refractivity contribution in [1.82, 2.24) is 4.98 Å². The molecule has 0 bridgehead atoms. The van der Waals surface area contributed by atoms with Crippen LogP contribution in [0, 0.1) is 12.7 Å². The van der Waals surface area contributed by atoms with Crippen LogP contribution in [0.15, 0.2) is 18.2 Å². The molecule has 0 saturated carbocycles. The Morgan fingerprint density at radius 2 is 2.21 bits per heavy atom. The number of aryl methyl sites for hydroxylation is 1. The Bertz CT molecular complexity index is 516.